The van der Waals surface area contributed by atoms with Gasteiger partial charge in [-0.25, -0.2) is 0 Å². The second-order valence-electron chi connectivity index (χ2n) is 6.46. The van der Waals surface area contributed by atoms with Crippen LogP contribution in [0.5, 0.6) is 0 Å². The maximum atomic E-state index is 5.68. The van der Waals surface area contributed by atoms with Crippen molar-refractivity contribution < 1.29 is 9.47 Å². The molecule has 1 atom stereocenters. The smallest absolute Gasteiger partial charge is 0.193 e. The van der Waals surface area contributed by atoms with Crippen molar-refractivity contribution in [1.29, 1.82) is 0 Å². The molecule has 1 aliphatic rings. The van der Waals surface area contributed by atoms with Crippen LogP contribution in [0.15, 0.2) is 23.5 Å². The fraction of sp³-hybridized carbons (Fsp3) is 0.684. The normalized spacial score (nSPS) is 17.3. The topological polar surface area (TPSA) is 59.0 Å². The largest absolute Gasteiger partial charge is 0.382 e. The van der Waals surface area contributed by atoms with Gasteiger partial charge in [0.25, 0.3) is 0 Å². The molecule has 1 aromatic heterocycles. The summed E-state index contributed by atoms with van der Waals surface area (Å²) in [5.74, 6) is 1.59. The first-order valence-corrected chi connectivity index (χ1v) is 9.24. The third-order valence-electron chi connectivity index (χ3n) is 4.48. The highest BCUT2D eigenvalue weighted by atomic mass is 127. The van der Waals surface area contributed by atoms with Crippen LogP contribution in [-0.4, -0.2) is 69.0 Å². The Morgan fingerprint density at radius 2 is 2.27 bits per heavy atom. The molecule has 0 bridgehead atoms. The second-order valence-corrected chi connectivity index (χ2v) is 6.46. The lowest BCUT2D eigenvalue weighted by Gasteiger charge is -2.21. The number of methoxy groups -OCH3 is 1. The molecule has 7 heteroatoms. The van der Waals surface area contributed by atoms with Crippen LogP contribution in [0.25, 0.3) is 0 Å². The van der Waals surface area contributed by atoms with Crippen LogP contribution in [0.4, 0.5) is 0 Å². The number of rotatable bonds is 9. The van der Waals surface area contributed by atoms with Gasteiger partial charge in [0.2, 0.25) is 0 Å². The minimum Gasteiger partial charge on any atom is -0.382 e. The first kappa shape index (κ1) is 23.1. The molecule has 2 heterocycles. The molecule has 6 nitrogen and oxygen atoms in total. The van der Waals surface area contributed by atoms with E-state index >= 15 is 0 Å². The number of aryl methyl sites for hydroxylation is 1. The molecule has 26 heavy (non-hydrogen) atoms. The number of aromatic nitrogens is 1. The van der Waals surface area contributed by atoms with Gasteiger partial charge >= 0.3 is 0 Å². The van der Waals surface area contributed by atoms with Gasteiger partial charge < -0.3 is 19.7 Å². The lowest BCUT2D eigenvalue weighted by molar-refractivity contribution is 0.0536. The van der Waals surface area contributed by atoms with Gasteiger partial charge in [-0.05, 0) is 43.9 Å². The number of nitrogens with zero attached hydrogens (tertiary/aromatic N) is 3. The molecular formula is C19H33IN4O2. The number of hydrogen-bond donors (Lipinski definition) is 1. The molecular weight excluding hydrogens is 443 g/mol. The SMILES string of the molecule is CCNC(=NCCc1ccncc1C)N1CCC(COCCOC)C1.I. The predicted octanol–water partition coefficient (Wildman–Crippen LogP) is 2.50. The maximum absolute atomic E-state index is 5.68. The van der Waals surface area contributed by atoms with Gasteiger partial charge in [-0.15, -0.1) is 24.0 Å². The summed E-state index contributed by atoms with van der Waals surface area (Å²) in [6.45, 7) is 10.1. The Kier molecular flexibility index (Phi) is 11.8. The van der Waals surface area contributed by atoms with Gasteiger partial charge in [0.15, 0.2) is 5.96 Å². The fourth-order valence-corrected chi connectivity index (χ4v) is 3.04. The van der Waals surface area contributed by atoms with Crippen molar-refractivity contribution in [3.63, 3.8) is 0 Å². The minimum atomic E-state index is 0. The molecule has 1 aliphatic heterocycles. The molecule has 1 aromatic rings. The molecule has 0 amide bonds. The number of nitrogens with one attached hydrogen (secondary N) is 1. The van der Waals surface area contributed by atoms with Crippen molar-refractivity contribution in [2.24, 2.45) is 10.9 Å². The Labute approximate surface area is 174 Å². The number of aliphatic imine (C=N–C) groups is 1. The van der Waals surface area contributed by atoms with Crippen molar-refractivity contribution in [3.05, 3.63) is 29.6 Å². The Hall–Kier alpha value is -0.930. The zero-order chi connectivity index (χ0) is 17.9. The molecule has 0 aliphatic carbocycles. The van der Waals surface area contributed by atoms with E-state index in [-0.39, 0.29) is 24.0 Å². The highest BCUT2D eigenvalue weighted by Crippen LogP contribution is 2.17. The maximum Gasteiger partial charge on any atom is 0.193 e. The third kappa shape index (κ3) is 7.75. The Morgan fingerprint density at radius 3 is 3.00 bits per heavy atom. The van der Waals surface area contributed by atoms with Crippen molar-refractivity contribution in [3.8, 4) is 0 Å². The Morgan fingerprint density at radius 1 is 1.42 bits per heavy atom. The van der Waals surface area contributed by atoms with Gasteiger partial charge in [-0.1, -0.05) is 0 Å². The van der Waals surface area contributed by atoms with Gasteiger partial charge in [0.05, 0.1) is 19.8 Å². The molecule has 148 valence electrons. The lowest BCUT2D eigenvalue weighted by atomic mass is 10.1. The number of guanidine groups is 1. The summed E-state index contributed by atoms with van der Waals surface area (Å²) in [5, 5.41) is 3.43. The molecule has 1 fully saturated rings. The van der Waals surface area contributed by atoms with Crippen molar-refractivity contribution >= 4 is 29.9 Å². The molecule has 1 saturated heterocycles. The van der Waals surface area contributed by atoms with E-state index in [9.17, 15) is 0 Å². The average Bonchev–Trinajstić information content (AvgIpc) is 3.08. The van der Waals surface area contributed by atoms with Crippen LogP contribution >= 0.6 is 24.0 Å². The van der Waals surface area contributed by atoms with Crippen LogP contribution in [0, 0.1) is 12.8 Å². The fourth-order valence-electron chi connectivity index (χ4n) is 3.04. The summed E-state index contributed by atoms with van der Waals surface area (Å²) < 4.78 is 10.7. The van der Waals surface area contributed by atoms with E-state index in [1.165, 1.54) is 11.1 Å². The summed E-state index contributed by atoms with van der Waals surface area (Å²) >= 11 is 0. The van der Waals surface area contributed by atoms with E-state index < -0.39 is 0 Å². The van der Waals surface area contributed by atoms with E-state index in [1.54, 1.807) is 7.11 Å². The third-order valence-corrected chi connectivity index (χ3v) is 4.48. The molecule has 1 N–H and O–H groups in total. The van der Waals surface area contributed by atoms with Crippen LogP contribution < -0.4 is 5.32 Å². The summed E-state index contributed by atoms with van der Waals surface area (Å²) in [6, 6.07) is 2.08. The quantitative estimate of drug-likeness (QED) is 0.257. The molecule has 0 spiro atoms. The highest BCUT2D eigenvalue weighted by Gasteiger charge is 2.24. The van der Waals surface area contributed by atoms with Gasteiger partial charge in [-0.3, -0.25) is 9.98 Å². The highest BCUT2D eigenvalue weighted by molar-refractivity contribution is 14.0. The van der Waals surface area contributed by atoms with Crippen LogP contribution in [0.2, 0.25) is 0 Å². The van der Waals surface area contributed by atoms with Crippen molar-refractivity contribution in [1.82, 2.24) is 15.2 Å². The Bertz CT molecular complexity index is 542. The zero-order valence-electron chi connectivity index (χ0n) is 16.2. The number of ether oxygens (including phenoxy) is 2. The van der Waals surface area contributed by atoms with Crippen LogP contribution in [0.3, 0.4) is 0 Å². The number of halogens is 1. The molecule has 2 rings (SSSR count). The number of hydrogen-bond acceptors (Lipinski definition) is 4. The van der Waals surface area contributed by atoms with Crippen LogP contribution in [0.1, 0.15) is 24.5 Å². The summed E-state index contributed by atoms with van der Waals surface area (Å²) in [5.41, 5.74) is 2.55. The Balaban J connectivity index is 0.00000338. The summed E-state index contributed by atoms with van der Waals surface area (Å²) in [7, 11) is 1.70. The average molecular weight is 476 g/mol. The molecule has 0 aromatic carbocycles. The van der Waals surface area contributed by atoms with Crippen molar-refractivity contribution in [2.45, 2.75) is 26.7 Å². The van der Waals surface area contributed by atoms with E-state index in [1.807, 2.05) is 12.4 Å². The van der Waals surface area contributed by atoms with Gasteiger partial charge in [0, 0.05) is 51.6 Å². The van der Waals surface area contributed by atoms with Gasteiger partial charge in [-0.2, -0.15) is 0 Å². The monoisotopic (exact) mass is 476 g/mol. The van der Waals surface area contributed by atoms with E-state index in [4.69, 9.17) is 14.5 Å². The minimum absolute atomic E-state index is 0. The first-order valence-electron chi connectivity index (χ1n) is 9.24. The van der Waals surface area contributed by atoms with Crippen molar-refractivity contribution in [2.75, 3.05) is 53.1 Å². The standard InChI is InChI=1S/C19H32N4O2.HI/c1-4-21-19(22-9-6-18-5-8-20-13-16(18)2)23-10-7-17(14-23)15-25-12-11-24-3;/h5,8,13,17H,4,6-7,9-12,14-15H2,1-3H3,(H,21,22);1H. The lowest BCUT2D eigenvalue weighted by Crippen LogP contribution is -2.40. The molecule has 0 saturated carbocycles. The zero-order valence-corrected chi connectivity index (χ0v) is 18.6. The summed E-state index contributed by atoms with van der Waals surface area (Å²) in [4.78, 5) is 11.3. The van der Waals surface area contributed by atoms with Crippen LogP contribution in [-0.2, 0) is 15.9 Å². The number of pyridine rings is 1. The van der Waals surface area contributed by atoms with E-state index in [2.05, 4.69) is 35.1 Å². The summed E-state index contributed by atoms with van der Waals surface area (Å²) in [6.07, 6.45) is 5.87. The first-order chi connectivity index (χ1) is 12.2. The molecule has 1 unspecified atom stereocenters. The predicted molar refractivity (Wildman–Crippen MR) is 116 cm³/mol. The number of likely N-dealkylation sites (tertiary alicyclic amines) is 1. The van der Waals surface area contributed by atoms with E-state index in [0.29, 0.717) is 19.1 Å². The van der Waals surface area contributed by atoms with Gasteiger partial charge in [0.1, 0.15) is 0 Å². The second kappa shape index (κ2) is 13.3. The van der Waals surface area contributed by atoms with E-state index in [0.717, 1.165) is 51.6 Å². The molecule has 0 radical (unpaired) electrons.